The van der Waals surface area contributed by atoms with E-state index in [0.717, 1.165) is 14.8 Å². The standard InChI is InChI=1S/C12H12Br2N4O/c1-7-15-11(17-16-7)6-18(2)12(19)9-5-8(13)3-4-10(9)14/h3-5H,6H2,1-2H3,(H,15,16,17). The first-order valence-corrected chi connectivity index (χ1v) is 7.14. The third kappa shape index (κ3) is 3.42. The molecule has 0 saturated carbocycles. The number of rotatable bonds is 3. The average molecular weight is 388 g/mol. The third-order valence-electron chi connectivity index (χ3n) is 2.53. The highest BCUT2D eigenvalue weighted by atomic mass is 79.9. The Labute approximate surface area is 127 Å². The van der Waals surface area contributed by atoms with Crippen LogP contribution in [0.4, 0.5) is 0 Å². The van der Waals surface area contributed by atoms with E-state index < -0.39 is 0 Å². The number of carbonyl (C=O) groups excluding carboxylic acids is 1. The van der Waals surface area contributed by atoms with E-state index in [1.807, 2.05) is 19.1 Å². The molecule has 0 aliphatic heterocycles. The second-order valence-corrected chi connectivity index (χ2v) is 5.89. The molecule has 0 radical (unpaired) electrons. The minimum Gasteiger partial charge on any atom is -0.334 e. The number of nitrogens with one attached hydrogen (secondary N) is 1. The second kappa shape index (κ2) is 5.83. The Morgan fingerprint density at radius 1 is 1.42 bits per heavy atom. The van der Waals surface area contributed by atoms with Crippen LogP contribution in [0.1, 0.15) is 22.0 Å². The highest BCUT2D eigenvalue weighted by Gasteiger charge is 2.16. The van der Waals surface area contributed by atoms with Crippen LogP contribution in [-0.4, -0.2) is 33.0 Å². The van der Waals surface area contributed by atoms with Crippen LogP contribution in [0.25, 0.3) is 0 Å². The number of hydrogen-bond acceptors (Lipinski definition) is 3. The van der Waals surface area contributed by atoms with Crippen LogP contribution < -0.4 is 0 Å². The molecule has 1 N–H and O–H groups in total. The van der Waals surface area contributed by atoms with Gasteiger partial charge < -0.3 is 4.90 Å². The molecule has 0 aliphatic rings. The van der Waals surface area contributed by atoms with Gasteiger partial charge in [0, 0.05) is 16.0 Å². The van der Waals surface area contributed by atoms with Crippen molar-refractivity contribution in [1.29, 1.82) is 0 Å². The van der Waals surface area contributed by atoms with Crippen molar-refractivity contribution < 1.29 is 4.79 Å². The van der Waals surface area contributed by atoms with Gasteiger partial charge in [-0.3, -0.25) is 9.89 Å². The van der Waals surface area contributed by atoms with E-state index in [-0.39, 0.29) is 5.91 Å². The maximum atomic E-state index is 12.3. The fraction of sp³-hybridized carbons (Fsp3) is 0.250. The van der Waals surface area contributed by atoms with Gasteiger partial charge in [0.1, 0.15) is 5.82 Å². The number of aromatic amines is 1. The van der Waals surface area contributed by atoms with Crippen molar-refractivity contribution in [2.24, 2.45) is 0 Å². The molecule has 19 heavy (non-hydrogen) atoms. The van der Waals surface area contributed by atoms with Crippen LogP contribution in [0, 0.1) is 6.92 Å². The minimum absolute atomic E-state index is 0.0874. The molecule has 2 aromatic rings. The maximum absolute atomic E-state index is 12.3. The number of aryl methyl sites for hydroxylation is 1. The summed E-state index contributed by atoms with van der Waals surface area (Å²) in [7, 11) is 1.72. The SMILES string of the molecule is Cc1nc(CN(C)C(=O)c2cc(Br)ccc2Br)n[nH]1. The second-order valence-electron chi connectivity index (χ2n) is 4.12. The van der Waals surface area contributed by atoms with E-state index in [1.54, 1.807) is 18.0 Å². The Hall–Kier alpha value is -1.21. The number of carbonyl (C=O) groups is 1. The summed E-state index contributed by atoms with van der Waals surface area (Å²) in [5.74, 6) is 1.24. The van der Waals surface area contributed by atoms with Gasteiger partial charge in [-0.05, 0) is 41.1 Å². The van der Waals surface area contributed by atoms with Crippen molar-refractivity contribution in [3.05, 3.63) is 44.4 Å². The summed E-state index contributed by atoms with van der Waals surface area (Å²) in [5.41, 5.74) is 0.601. The van der Waals surface area contributed by atoms with Crippen molar-refractivity contribution in [1.82, 2.24) is 20.1 Å². The number of benzene rings is 1. The molecular weight excluding hydrogens is 376 g/mol. The molecule has 7 heteroatoms. The molecule has 2 rings (SSSR count). The van der Waals surface area contributed by atoms with Crippen LogP contribution in [0.5, 0.6) is 0 Å². The summed E-state index contributed by atoms with van der Waals surface area (Å²) in [6.45, 7) is 2.19. The van der Waals surface area contributed by atoms with Crippen LogP contribution in [0.3, 0.4) is 0 Å². The Morgan fingerprint density at radius 2 is 2.16 bits per heavy atom. The van der Waals surface area contributed by atoms with Gasteiger partial charge >= 0.3 is 0 Å². The van der Waals surface area contributed by atoms with Crippen LogP contribution in [0.15, 0.2) is 27.1 Å². The van der Waals surface area contributed by atoms with E-state index >= 15 is 0 Å². The molecule has 1 heterocycles. The molecule has 0 bridgehead atoms. The van der Waals surface area contributed by atoms with Gasteiger partial charge in [-0.15, -0.1) is 0 Å². The van der Waals surface area contributed by atoms with E-state index in [2.05, 4.69) is 47.0 Å². The maximum Gasteiger partial charge on any atom is 0.255 e. The van der Waals surface area contributed by atoms with Crippen LogP contribution >= 0.6 is 31.9 Å². The molecule has 1 amide bonds. The number of aromatic nitrogens is 3. The van der Waals surface area contributed by atoms with E-state index in [9.17, 15) is 4.79 Å². The summed E-state index contributed by atoms with van der Waals surface area (Å²) in [4.78, 5) is 18.1. The highest BCUT2D eigenvalue weighted by Crippen LogP contribution is 2.23. The van der Waals surface area contributed by atoms with E-state index in [4.69, 9.17) is 0 Å². The number of hydrogen-bond donors (Lipinski definition) is 1. The first-order chi connectivity index (χ1) is 8.97. The van der Waals surface area contributed by atoms with Gasteiger partial charge in [0.15, 0.2) is 5.82 Å². The molecule has 0 spiro atoms. The van der Waals surface area contributed by atoms with Gasteiger partial charge in [0.2, 0.25) is 0 Å². The fourth-order valence-corrected chi connectivity index (χ4v) is 2.39. The summed E-state index contributed by atoms with van der Waals surface area (Å²) < 4.78 is 1.62. The van der Waals surface area contributed by atoms with Gasteiger partial charge in [-0.2, -0.15) is 5.10 Å². The molecule has 1 aromatic carbocycles. The number of nitrogens with zero attached hydrogens (tertiary/aromatic N) is 3. The predicted octanol–water partition coefficient (Wildman–Crippen LogP) is 2.91. The van der Waals surface area contributed by atoms with Crippen molar-refractivity contribution in [2.45, 2.75) is 13.5 Å². The van der Waals surface area contributed by atoms with Crippen molar-refractivity contribution >= 4 is 37.8 Å². The van der Waals surface area contributed by atoms with Crippen molar-refractivity contribution in [2.75, 3.05) is 7.05 Å². The average Bonchev–Trinajstić information content (AvgIpc) is 2.77. The Balaban J connectivity index is 2.16. The zero-order chi connectivity index (χ0) is 14.0. The lowest BCUT2D eigenvalue weighted by atomic mass is 10.2. The Morgan fingerprint density at radius 3 is 2.79 bits per heavy atom. The quantitative estimate of drug-likeness (QED) is 0.880. The third-order valence-corrected chi connectivity index (χ3v) is 3.71. The Kier molecular flexibility index (Phi) is 4.36. The zero-order valence-corrected chi connectivity index (χ0v) is 13.6. The summed E-state index contributed by atoms with van der Waals surface area (Å²) in [6.07, 6.45) is 0. The lowest BCUT2D eigenvalue weighted by molar-refractivity contribution is 0.0780. The zero-order valence-electron chi connectivity index (χ0n) is 10.4. The smallest absolute Gasteiger partial charge is 0.255 e. The molecule has 1 aromatic heterocycles. The number of halogens is 2. The molecule has 5 nitrogen and oxygen atoms in total. The van der Waals surface area contributed by atoms with Crippen LogP contribution in [0.2, 0.25) is 0 Å². The van der Waals surface area contributed by atoms with Crippen molar-refractivity contribution in [3.8, 4) is 0 Å². The molecule has 100 valence electrons. The van der Waals surface area contributed by atoms with Gasteiger partial charge in [0.05, 0.1) is 12.1 Å². The number of H-pyrrole nitrogens is 1. The molecule has 0 atom stereocenters. The van der Waals surface area contributed by atoms with Gasteiger partial charge in [-0.25, -0.2) is 4.98 Å². The lowest BCUT2D eigenvalue weighted by Gasteiger charge is -2.16. The first kappa shape index (κ1) is 14.2. The summed E-state index contributed by atoms with van der Waals surface area (Å²) in [5, 5.41) is 6.78. The molecule has 0 unspecified atom stereocenters. The minimum atomic E-state index is -0.0874. The molecule has 0 aliphatic carbocycles. The monoisotopic (exact) mass is 386 g/mol. The van der Waals surface area contributed by atoms with Crippen molar-refractivity contribution in [3.63, 3.8) is 0 Å². The topological polar surface area (TPSA) is 61.9 Å². The molecule has 0 fully saturated rings. The largest absolute Gasteiger partial charge is 0.334 e. The van der Waals surface area contributed by atoms with Gasteiger partial charge in [0.25, 0.3) is 5.91 Å². The lowest BCUT2D eigenvalue weighted by Crippen LogP contribution is -2.27. The predicted molar refractivity (Wildman–Crippen MR) is 78.8 cm³/mol. The van der Waals surface area contributed by atoms with Crippen LogP contribution in [-0.2, 0) is 6.54 Å². The summed E-state index contributed by atoms with van der Waals surface area (Å²) in [6, 6.07) is 5.49. The molecule has 0 saturated heterocycles. The first-order valence-electron chi connectivity index (χ1n) is 5.56. The molecular formula is C12H12Br2N4O. The fourth-order valence-electron chi connectivity index (χ4n) is 1.61. The van der Waals surface area contributed by atoms with Gasteiger partial charge in [-0.1, -0.05) is 15.9 Å². The normalized spacial score (nSPS) is 10.5. The highest BCUT2D eigenvalue weighted by molar-refractivity contribution is 9.11. The summed E-state index contributed by atoms with van der Waals surface area (Å²) >= 11 is 6.75. The number of amides is 1. The Bertz CT molecular complexity index is 612. The van der Waals surface area contributed by atoms with E-state index in [0.29, 0.717) is 17.9 Å². The van der Waals surface area contributed by atoms with E-state index in [1.165, 1.54) is 0 Å².